The summed E-state index contributed by atoms with van der Waals surface area (Å²) >= 11 is 0. The minimum atomic E-state index is -1.63. The molecule has 0 aromatic heterocycles. The van der Waals surface area contributed by atoms with Crippen LogP contribution in [0.1, 0.15) is 13.8 Å². The van der Waals surface area contributed by atoms with Gasteiger partial charge in [-0.3, -0.25) is 0 Å². The van der Waals surface area contributed by atoms with E-state index in [0.717, 1.165) is 0 Å². The summed E-state index contributed by atoms with van der Waals surface area (Å²) in [5, 5.41) is 8.36. The second-order valence-electron chi connectivity index (χ2n) is 3.08. The van der Waals surface area contributed by atoms with Crippen LogP contribution in [0.15, 0.2) is 12.2 Å². The van der Waals surface area contributed by atoms with Crippen molar-refractivity contribution in [1.29, 1.82) is 0 Å². The molecule has 0 aromatic rings. The molecule has 0 amide bonds. The molecule has 0 aliphatic carbocycles. The molecule has 1 heterocycles. The molecule has 7 nitrogen and oxygen atoms in total. The van der Waals surface area contributed by atoms with Gasteiger partial charge in [0.15, 0.2) is 0 Å². The maximum atomic E-state index is 11.1. The maximum Gasteiger partial charge on any atom is 0.508 e. The largest absolute Gasteiger partial charge is 0.508 e. The van der Waals surface area contributed by atoms with E-state index in [9.17, 15) is 9.59 Å². The zero-order chi connectivity index (χ0) is 11.6. The van der Waals surface area contributed by atoms with Gasteiger partial charge < -0.3 is 14.6 Å². The Kier molecular flexibility index (Phi) is 2.96. The van der Waals surface area contributed by atoms with Crippen molar-refractivity contribution in [3.05, 3.63) is 12.2 Å². The third kappa shape index (κ3) is 2.45. The van der Waals surface area contributed by atoms with E-state index < -0.39 is 24.2 Å². The average molecular weight is 218 g/mol. The number of rotatable bonds is 3. The van der Waals surface area contributed by atoms with Gasteiger partial charge >= 0.3 is 24.2 Å². The second kappa shape index (κ2) is 3.87. The molecule has 2 unspecified atom stereocenters. The van der Waals surface area contributed by atoms with Gasteiger partial charge in [0.1, 0.15) is 0 Å². The van der Waals surface area contributed by atoms with Gasteiger partial charge in [0.2, 0.25) is 0 Å². The molecule has 1 saturated heterocycles. The van der Waals surface area contributed by atoms with E-state index in [1.54, 1.807) is 0 Å². The summed E-state index contributed by atoms with van der Waals surface area (Å²) in [4.78, 5) is 30.1. The van der Waals surface area contributed by atoms with E-state index in [1.165, 1.54) is 13.8 Å². The Morgan fingerprint density at radius 2 is 2.13 bits per heavy atom. The van der Waals surface area contributed by atoms with Crippen LogP contribution in [0, 0.1) is 0 Å². The van der Waals surface area contributed by atoms with Gasteiger partial charge in [0.05, 0.1) is 0 Å². The Balaban J connectivity index is 2.54. The molecule has 0 aromatic carbocycles. The molecule has 1 N–H and O–H groups in total. The first-order chi connectivity index (χ1) is 6.85. The minimum Gasteiger partial charge on any atom is -0.450 e. The number of hydrogen-bond acceptors (Lipinski definition) is 6. The van der Waals surface area contributed by atoms with E-state index in [0.29, 0.717) is 0 Å². The molecule has 1 aliphatic rings. The lowest BCUT2D eigenvalue weighted by Gasteiger charge is -2.40. The third-order valence-electron chi connectivity index (χ3n) is 1.58. The van der Waals surface area contributed by atoms with Crippen LogP contribution in [0.4, 0.5) is 4.79 Å². The van der Waals surface area contributed by atoms with Crippen molar-refractivity contribution in [2.45, 2.75) is 25.9 Å². The van der Waals surface area contributed by atoms with E-state index in [2.05, 4.69) is 21.1 Å². The maximum absolute atomic E-state index is 11.1. The first-order valence-electron chi connectivity index (χ1n) is 3.98. The fourth-order valence-corrected chi connectivity index (χ4v) is 0.786. The van der Waals surface area contributed by atoms with Gasteiger partial charge in [-0.1, -0.05) is 6.58 Å². The van der Waals surface area contributed by atoms with Crippen LogP contribution in [-0.4, -0.2) is 29.3 Å². The van der Waals surface area contributed by atoms with Crippen molar-refractivity contribution in [3.63, 3.8) is 0 Å². The highest BCUT2D eigenvalue weighted by molar-refractivity contribution is 5.87. The number of carbonyl (C=O) groups is 2. The van der Waals surface area contributed by atoms with Gasteiger partial charge in [-0.05, 0) is 6.92 Å². The number of hydrogen-bond donors (Lipinski definition) is 1. The van der Waals surface area contributed by atoms with E-state index in [4.69, 9.17) is 9.84 Å². The predicted molar refractivity (Wildman–Crippen MR) is 44.4 cm³/mol. The number of carboxylic acid groups (broad SMARTS) is 1. The minimum absolute atomic E-state index is 0.156. The number of esters is 1. The first kappa shape index (κ1) is 11.5. The molecule has 1 aliphatic heterocycles. The molecule has 15 heavy (non-hydrogen) atoms. The van der Waals surface area contributed by atoms with Crippen LogP contribution in [0.2, 0.25) is 0 Å². The summed E-state index contributed by atoms with van der Waals surface area (Å²) in [6.45, 7) is 6.05. The summed E-state index contributed by atoms with van der Waals surface area (Å²) < 4.78 is 9.02. The van der Waals surface area contributed by atoms with Gasteiger partial charge in [0.25, 0.3) is 0 Å². The summed E-state index contributed by atoms with van der Waals surface area (Å²) in [6, 6.07) is 0. The molecule has 2 atom stereocenters. The highest BCUT2D eigenvalue weighted by atomic mass is 17.3. The molecule has 0 bridgehead atoms. The van der Waals surface area contributed by atoms with Crippen LogP contribution in [0.3, 0.4) is 0 Å². The highest BCUT2D eigenvalue weighted by Gasteiger charge is 2.55. The Labute approximate surface area is 85.1 Å². The molecule has 0 spiro atoms. The molecule has 7 heteroatoms. The van der Waals surface area contributed by atoms with Crippen LogP contribution in [-0.2, 0) is 24.0 Å². The van der Waals surface area contributed by atoms with Crippen molar-refractivity contribution in [2.24, 2.45) is 0 Å². The van der Waals surface area contributed by atoms with Gasteiger partial charge in [-0.25, -0.2) is 9.59 Å². The summed E-state index contributed by atoms with van der Waals surface area (Å²) in [6.07, 6.45) is -2.78. The van der Waals surface area contributed by atoms with E-state index in [1.807, 2.05) is 0 Å². The summed E-state index contributed by atoms with van der Waals surface area (Å²) in [5.41, 5.74) is 0.156. The molecule has 0 saturated carbocycles. The standard InChI is InChI=1S/C8H10O7/c1-4(2)5(9)12-6-8(3,15-14-6)13-7(10)11/h6H,1H2,2-3H3,(H,10,11). The summed E-state index contributed by atoms with van der Waals surface area (Å²) in [5.74, 6) is -2.35. The normalized spacial score (nSPS) is 28.8. The topological polar surface area (TPSA) is 91.3 Å². The van der Waals surface area contributed by atoms with Crippen molar-refractivity contribution in [2.75, 3.05) is 0 Å². The lowest BCUT2D eigenvalue weighted by molar-refractivity contribution is -0.594. The summed E-state index contributed by atoms with van der Waals surface area (Å²) in [7, 11) is 0. The number of ether oxygens (including phenoxy) is 2. The lowest BCUT2D eigenvalue weighted by atomic mass is 10.3. The SMILES string of the molecule is C=C(C)C(=O)OC1OOC1(C)OC(=O)O. The second-order valence-corrected chi connectivity index (χ2v) is 3.08. The third-order valence-corrected chi connectivity index (χ3v) is 1.58. The lowest BCUT2D eigenvalue weighted by Crippen LogP contribution is -2.58. The Morgan fingerprint density at radius 3 is 2.47 bits per heavy atom. The molecular formula is C8H10O7. The van der Waals surface area contributed by atoms with E-state index in [-0.39, 0.29) is 5.57 Å². The molecule has 1 fully saturated rings. The van der Waals surface area contributed by atoms with Crippen LogP contribution >= 0.6 is 0 Å². The monoisotopic (exact) mass is 218 g/mol. The van der Waals surface area contributed by atoms with Gasteiger partial charge in [-0.2, -0.15) is 9.78 Å². The molecule has 0 radical (unpaired) electrons. The first-order valence-corrected chi connectivity index (χ1v) is 3.98. The van der Waals surface area contributed by atoms with Crippen molar-refractivity contribution in [1.82, 2.24) is 0 Å². The Hall–Kier alpha value is -1.60. The van der Waals surface area contributed by atoms with E-state index >= 15 is 0 Å². The molecule has 84 valence electrons. The molecular weight excluding hydrogens is 208 g/mol. The van der Waals surface area contributed by atoms with Crippen LogP contribution in [0.5, 0.6) is 0 Å². The average Bonchev–Trinajstić information content (AvgIpc) is 2.10. The van der Waals surface area contributed by atoms with Crippen LogP contribution < -0.4 is 0 Å². The van der Waals surface area contributed by atoms with Gasteiger partial charge in [-0.15, -0.1) is 0 Å². The molecule has 1 rings (SSSR count). The smallest absolute Gasteiger partial charge is 0.450 e. The highest BCUT2D eigenvalue weighted by Crippen LogP contribution is 2.32. The quantitative estimate of drug-likeness (QED) is 0.425. The number of carbonyl (C=O) groups excluding carboxylic acids is 1. The van der Waals surface area contributed by atoms with Crippen molar-refractivity contribution >= 4 is 12.1 Å². The zero-order valence-corrected chi connectivity index (χ0v) is 8.18. The van der Waals surface area contributed by atoms with Crippen molar-refractivity contribution in [3.8, 4) is 0 Å². The fourth-order valence-electron chi connectivity index (χ4n) is 0.786. The van der Waals surface area contributed by atoms with Crippen LogP contribution in [0.25, 0.3) is 0 Å². The fraction of sp³-hybridized carbons (Fsp3) is 0.500. The Bertz CT molecular complexity index is 310. The zero-order valence-electron chi connectivity index (χ0n) is 8.18. The van der Waals surface area contributed by atoms with Gasteiger partial charge in [0, 0.05) is 12.5 Å². The Morgan fingerprint density at radius 1 is 1.53 bits per heavy atom. The van der Waals surface area contributed by atoms with Crippen molar-refractivity contribution < 1.29 is 33.9 Å². The predicted octanol–water partition coefficient (Wildman–Crippen LogP) is 0.804.